The lowest BCUT2D eigenvalue weighted by molar-refractivity contribution is -0.146. The Labute approximate surface area is 105 Å². The molecule has 6 nitrogen and oxygen atoms in total. The lowest BCUT2D eigenvalue weighted by atomic mass is 10.2. The summed E-state index contributed by atoms with van der Waals surface area (Å²) in [4.78, 5) is 33.7. The van der Waals surface area contributed by atoms with Crippen LogP contribution in [0.5, 0.6) is 0 Å². The molecule has 0 radical (unpaired) electrons. The number of hydrogen-bond acceptors (Lipinski definition) is 6. The van der Waals surface area contributed by atoms with Crippen LogP contribution in [0.1, 0.15) is 13.8 Å². The van der Waals surface area contributed by atoms with E-state index in [-0.39, 0.29) is 18.8 Å². The number of carbonyl (C=O) groups excluding carboxylic acids is 3. The van der Waals surface area contributed by atoms with Gasteiger partial charge in [0.2, 0.25) is 0 Å². The zero-order valence-electron chi connectivity index (χ0n) is 10.6. The highest BCUT2D eigenvalue weighted by Crippen LogP contribution is 2.03. The van der Waals surface area contributed by atoms with Crippen LogP contribution in [0.4, 0.5) is 0 Å². The number of ether oxygens (including phenoxy) is 3. The number of esters is 3. The predicted octanol–water partition coefficient (Wildman–Crippen LogP) is 0.768. The molecule has 0 fully saturated rings. The van der Waals surface area contributed by atoms with Crippen molar-refractivity contribution in [1.29, 1.82) is 0 Å². The highest BCUT2D eigenvalue weighted by atomic mass is 16.6. The van der Waals surface area contributed by atoms with Gasteiger partial charge in [-0.15, -0.1) is 0 Å². The Balaban J connectivity index is 4.91. The van der Waals surface area contributed by atoms with E-state index in [1.807, 2.05) is 0 Å². The molecule has 0 spiro atoms. The lowest BCUT2D eigenvalue weighted by Crippen LogP contribution is -2.18. The molecule has 0 N–H and O–H groups in total. The lowest BCUT2D eigenvalue weighted by Gasteiger charge is -2.05. The Morgan fingerprint density at radius 2 is 1.50 bits per heavy atom. The minimum absolute atomic E-state index is 0.135. The van der Waals surface area contributed by atoms with Gasteiger partial charge in [-0.1, -0.05) is 6.08 Å². The van der Waals surface area contributed by atoms with Crippen LogP contribution in [0.3, 0.4) is 0 Å². The van der Waals surface area contributed by atoms with Crippen molar-refractivity contribution in [1.82, 2.24) is 0 Å². The third-order valence-corrected chi connectivity index (χ3v) is 1.69. The number of allylic oxidation sites excluding steroid dienone is 2. The van der Waals surface area contributed by atoms with Crippen molar-refractivity contribution < 1.29 is 28.6 Å². The molecule has 0 aromatic carbocycles. The quantitative estimate of drug-likeness (QED) is 0.174. The Morgan fingerprint density at radius 3 is 1.89 bits per heavy atom. The van der Waals surface area contributed by atoms with Crippen LogP contribution < -0.4 is 0 Å². The van der Waals surface area contributed by atoms with Crippen LogP contribution in [0.2, 0.25) is 0 Å². The second kappa shape index (κ2) is 8.98. The van der Waals surface area contributed by atoms with E-state index in [4.69, 9.17) is 9.47 Å². The first-order chi connectivity index (χ1) is 8.56. The zero-order chi connectivity index (χ0) is 14.0. The highest BCUT2D eigenvalue weighted by Gasteiger charge is 2.19. The van der Waals surface area contributed by atoms with Gasteiger partial charge in [0.25, 0.3) is 0 Å². The van der Waals surface area contributed by atoms with Gasteiger partial charge in [0.05, 0.1) is 20.3 Å². The zero-order valence-corrected chi connectivity index (χ0v) is 10.6. The molecule has 0 saturated carbocycles. The number of hydrogen-bond donors (Lipinski definition) is 0. The third-order valence-electron chi connectivity index (χ3n) is 1.69. The van der Waals surface area contributed by atoms with E-state index in [0.29, 0.717) is 0 Å². The summed E-state index contributed by atoms with van der Waals surface area (Å²) in [6.45, 7) is 3.50. The summed E-state index contributed by atoms with van der Waals surface area (Å²) >= 11 is 0. The summed E-state index contributed by atoms with van der Waals surface area (Å²) in [5.41, 5.74) is -0.279. The molecule has 0 aromatic heterocycles. The van der Waals surface area contributed by atoms with Gasteiger partial charge in [0.1, 0.15) is 5.57 Å². The molecule has 0 bridgehead atoms. The maximum Gasteiger partial charge on any atom is 0.345 e. The summed E-state index contributed by atoms with van der Waals surface area (Å²) in [5.74, 6) is -2.20. The molecule has 100 valence electrons. The molecular formula is C12H16O6. The molecule has 0 aliphatic rings. The predicted molar refractivity (Wildman–Crippen MR) is 62.5 cm³/mol. The average Bonchev–Trinajstić information content (AvgIpc) is 2.34. The summed E-state index contributed by atoms with van der Waals surface area (Å²) in [5, 5.41) is 0. The highest BCUT2D eigenvalue weighted by molar-refractivity contribution is 6.14. The van der Waals surface area contributed by atoms with Gasteiger partial charge in [0.15, 0.2) is 0 Å². The van der Waals surface area contributed by atoms with Crippen LogP contribution >= 0.6 is 0 Å². The van der Waals surface area contributed by atoms with E-state index >= 15 is 0 Å². The molecule has 0 aliphatic heterocycles. The molecule has 0 rings (SSSR count). The summed E-state index contributed by atoms with van der Waals surface area (Å²) in [6, 6.07) is 0. The maximum atomic E-state index is 11.5. The van der Waals surface area contributed by atoms with E-state index in [9.17, 15) is 14.4 Å². The van der Waals surface area contributed by atoms with Crippen molar-refractivity contribution >= 4 is 17.9 Å². The van der Waals surface area contributed by atoms with E-state index in [1.165, 1.54) is 13.2 Å². The van der Waals surface area contributed by atoms with Gasteiger partial charge in [-0.25, -0.2) is 14.4 Å². The van der Waals surface area contributed by atoms with E-state index in [1.54, 1.807) is 13.8 Å². The monoisotopic (exact) mass is 256 g/mol. The first-order valence-corrected chi connectivity index (χ1v) is 5.37. The molecule has 0 saturated heterocycles. The van der Waals surface area contributed by atoms with E-state index < -0.39 is 17.9 Å². The van der Waals surface area contributed by atoms with Gasteiger partial charge in [-0.2, -0.15) is 0 Å². The molecule has 0 unspecified atom stereocenters. The Kier molecular flexibility index (Phi) is 7.92. The molecule has 0 amide bonds. The topological polar surface area (TPSA) is 78.9 Å². The first-order valence-electron chi connectivity index (χ1n) is 5.37. The van der Waals surface area contributed by atoms with Crippen LogP contribution in [-0.2, 0) is 28.6 Å². The fraction of sp³-hybridized carbons (Fsp3) is 0.417. The second-order valence-corrected chi connectivity index (χ2v) is 2.90. The fourth-order valence-electron chi connectivity index (χ4n) is 0.928. The minimum Gasteiger partial charge on any atom is -0.466 e. The number of methoxy groups -OCH3 is 1. The number of rotatable bonds is 6. The summed E-state index contributed by atoms with van der Waals surface area (Å²) in [7, 11) is 1.22. The van der Waals surface area contributed by atoms with E-state index in [2.05, 4.69) is 4.74 Å². The van der Waals surface area contributed by atoms with Crippen LogP contribution in [-0.4, -0.2) is 38.2 Å². The van der Waals surface area contributed by atoms with Gasteiger partial charge < -0.3 is 14.2 Å². The van der Waals surface area contributed by atoms with Crippen molar-refractivity contribution in [3.8, 4) is 0 Å². The second-order valence-electron chi connectivity index (χ2n) is 2.90. The Bertz CT molecular complexity index is 347. The Morgan fingerprint density at radius 1 is 1.00 bits per heavy atom. The molecule has 6 heteroatoms. The van der Waals surface area contributed by atoms with E-state index in [0.717, 1.165) is 12.2 Å². The van der Waals surface area contributed by atoms with Crippen molar-refractivity contribution in [3.63, 3.8) is 0 Å². The largest absolute Gasteiger partial charge is 0.466 e. The van der Waals surface area contributed by atoms with Crippen LogP contribution in [0.25, 0.3) is 0 Å². The molecular weight excluding hydrogens is 240 g/mol. The molecule has 18 heavy (non-hydrogen) atoms. The van der Waals surface area contributed by atoms with Crippen molar-refractivity contribution in [2.75, 3.05) is 20.3 Å². The average molecular weight is 256 g/mol. The number of carbonyl (C=O) groups is 3. The smallest absolute Gasteiger partial charge is 0.345 e. The van der Waals surface area contributed by atoms with Crippen molar-refractivity contribution in [2.45, 2.75) is 13.8 Å². The van der Waals surface area contributed by atoms with Gasteiger partial charge in [0, 0.05) is 6.08 Å². The first kappa shape index (κ1) is 15.9. The van der Waals surface area contributed by atoms with Gasteiger partial charge in [-0.05, 0) is 19.9 Å². The molecule has 0 atom stereocenters. The summed E-state index contributed by atoms with van der Waals surface area (Å²) in [6.07, 6.45) is 3.43. The van der Waals surface area contributed by atoms with Crippen molar-refractivity contribution in [3.05, 3.63) is 23.8 Å². The Hall–Kier alpha value is -2.11. The van der Waals surface area contributed by atoms with Gasteiger partial charge in [-0.3, -0.25) is 0 Å². The van der Waals surface area contributed by atoms with Crippen LogP contribution in [0.15, 0.2) is 23.8 Å². The maximum absolute atomic E-state index is 11.5. The normalized spacial score (nSPS) is 9.72. The molecule has 0 aromatic rings. The summed E-state index contributed by atoms with van der Waals surface area (Å²) < 4.78 is 13.8. The van der Waals surface area contributed by atoms with Crippen LogP contribution in [0, 0.1) is 0 Å². The van der Waals surface area contributed by atoms with Gasteiger partial charge >= 0.3 is 17.9 Å². The molecule has 0 heterocycles. The third kappa shape index (κ3) is 5.83. The standard InChI is InChI=1S/C12H16O6/c1-4-17-11(14)9(12(15)18-5-2)7-6-8-10(13)16-3/h6-8H,4-5H2,1-3H3/b8-6+. The fourth-order valence-corrected chi connectivity index (χ4v) is 0.928. The molecule has 0 aliphatic carbocycles. The van der Waals surface area contributed by atoms with Crippen molar-refractivity contribution in [2.24, 2.45) is 0 Å². The SMILES string of the molecule is CCOC(=O)C(=C/C=C/C(=O)OC)C(=O)OCC. The minimum atomic E-state index is -0.800.